The van der Waals surface area contributed by atoms with Gasteiger partial charge in [-0.05, 0) is 12.5 Å². The maximum atomic E-state index is 5.79. The Labute approximate surface area is 114 Å². The average molecular weight is 262 g/mol. The second-order valence-electron chi connectivity index (χ2n) is 5.22. The van der Waals surface area contributed by atoms with Crippen LogP contribution in [0.25, 0.3) is 0 Å². The third kappa shape index (κ3) is 3.47. The minimum absolute atomic E-state index is 0.369. The summed E-state index contributed by atoms with van der Waals surface area (Å²) >= 11 is 0. The summed E-state index contributed by atoms with van der Waals surface area (Å²) in [6.07, 6.45) is 1.46. The number of hydrogen-bond donors (Lipinski definition) is 1. The molecule has 1 saturated heterocycles. The fraction of sp³-hybridized carbons (Fsp3) is 0.600. The molecular weight excluding hydrogens is 240 g/mol. The standard InChI is InChI=1S/C15H22N2O2/c1-2-4-15-13(3-1)12-17(8-10-19-15)7-5-14-11-16-6-9-18-14/h1-4,14,16H,5-12H2. The Hall–Kier alpha value is -1.10. The molecular formula is C15H22N2O2. The molecule has 0 aromatic heterocycles. The van der Waals surface area contributed by atoms with Gasteiger partial charge < -0.3 is 14.8 Å². The maximum absolute atomic E-state index is 5.79. The van der Waals surface area contributed by atoms with Gasteiger partial charge in [0.15, 0.2) is 0 Å². The SMILES string of the molecule is c1ccc2c(c1)CN(CCC1CNCCO1)CCO2. The van der Waals surface area contributed by atoms with Gasteiger partial charge in [-0.15, -0.1) is 0 Å². The molecule has 2 aliphatic rings. The molecule has 1 atom stereocenters. The first kappa shape index (κ1) is 12.9. The molecule has 2 aliphatic heterocycles. The zero-order valence-electron chi connectivity index (χ0n) is 11.3. The first-order valence-electron chi connectivity index (χ1n) is 7.17. The van der Waals surface area contributed by atoms with Gasteiger partial charge in [0.2, 0.25) is 0 Å². The number of fused-ring (bicyclic) bond motifs is 1. The van der Waals surface area contributed by atoms with E-state index in [0.29, 0.717) is 6.10 Å². The zero-order chi connectivity index (χ0) is 12.9. The maximum Gasteiger partial charge on any atom is 0.123 e. The van der Waals surface area contributed by atoms with Crippen molar-refractivity contribution in [2.45, 2.75) is 19.1 Å². The molecule has 1 fully saturated rings. The fourth-order valence-corrected chi connectivity index (χ4v) is 2.70. The lowest BCUT2D eigenvalue weighted by Crippen LogP contribution is -2.40. The van der Waals surface area contributed by atoms with Gasteiger partial charge in [-0.2, -0.15) is 0 Å². The Morgan fingerprint density at radius 3 is 3.11 bits per heavy atom. The molecule has 4 heteroatoms. The summed E-state index contributed by atoms with van der Waals surface area (Å²) in [6.45, 7) is 6.65. The van der Waals surface area contributed by atoms with Gasteiger partial charge in [-0.3, -0.25) is 4.90 Å². The van der Waals surface area contributed by atoms with Gasteiger partial charge in [0.05, 0.1) is 12.7 Å². The van der Waals surface area contributed by atoms with Crippen LogP contribution in [0.1, 0.15) is 12.0 Å². The summed E-state index contributed by atoms with van der Waals surface area (Å²) in [5, 5.41) is 3.38. The van der Waals surface area contributed by atoms with Gasteiger partial charge in [0, 0.05) is 38.3 Å². The van der Waals surface area contributed by atoms with Crippen molar-refractivity contribution in [2.24, 2.45) is 0 Å². The van der Waals surface area contributed by atoms with E-state index in [2.05, 4.69) is 28.4 Å². The molecule has 2 heterocycles. The van der Waals surface area contributed by atoms with Crippen LogP contribution in [0.2, 0.25) is 0 Å². The molecule has 0 amide bonds. The average Bonchev–Trinajstić information content (AvgIpc) is 2.68. The number of ether oxygens (including phenoxy) is 2. The molecule has 1 unspecified atom stereocenters. The van der Waals surface area contributed by atoms with Crippen molar-refractivity contribution >= 4 is 0 Å². The van der Waals surface area contributed by atoms with Crippen LogP contribution in [0.5, 0.6) is 5.75 Å². The lowest BCUT2D eigenvalue weighted by Gasteiger charge is -2.26. The number of morpholine rings is 1. The van der Waals surface area contributed by atoms with E-state index in [1.807, 2.05) is 6.07 Å². The van der Waals surface area contributed by atoms with Gasteiger partial charge in [-0.25, -0.2) is 0 Å². The molecule has 19 heavy (non-hydrogen) atoms. The lowest BCUT2D eigenvalue weighted by atomic mass is 10.1. The highest BCUT2D eigenvalue weighted by Gasteiger charge is 2.18. The van der Waals surface area contributed by atoms with Crippen molar-refractivity contribution in [3.05, 3.63) is 29.8 Å². The number of benzene rings is 1. The predicted molar refractivity (Wildman–Crippen MR) is 74.4 cm³/mol. The first-order valence-corrected chi connectivity index (χ1v) is 7.17. The Kier molecular flexibility index (Phi) is 4.33. The van der Waals surface area contributed by atoms with Crippen LogP contribution < -0.4 is 10.1 Å². The summed E-state index contributed by atoms with van der Waals surface area (Å²) in [5.41, 5.74) is 1.29. The number of rotatable bonds is 3. The van der Waals surface area contributed by atoms with E-state index in [9.17, 15) is 0 Å². The quantitative estimate of drug-likeness (QED) is 0.889. The highest BCUT2D eigenvalue weighted by Crippen LogP contribution is 2.22. The summed E-state index contributed by atoms with van der Waals surface area (Å²) < 4.78 is 11.5. The number of para-hydroxylation sites is 1. The topological polar surface area (TPSA) is 33.7 Å². The summed E-state index contributed by atoms with van der Waals surface area (Å²) in [4.78, 5) is 2.46. The van der Waals surface area contributed by atoms with Crippen LogP contribution >= 0.6 is 0 Å². The minimum Gasteiger partial charge on any atom is -0.492 e. The summed E-state index contributed by atoms with van der Waals surface area (Å²) in [7, 11) is 0. The number of hydrogen-bond acceptors (Lipinski definition) is 4. The lowest BCUT2D eigenvalue weighted by molar-refractivity contribution is 0.0166. The highest BCUT2D eigenvalue weighted by atomic mass is 16.5. The Morgan fingerprint density at radius 1 is 1.26 bits per heavy atom. The normalized spacial score (nSPS) is 24.3. The number of nitrogens with zero attached hydrogens (tertiary/aromatic N) is 1. The molecule has 0 bridgehead atoms. The molecule has 4 nitrogen and oxygen atoms in total. The molecule has 104 valence electrons. The zero-order valence-corrected chi connectivity index (χ0v) is 11.3. The Balaban J connectivity index is 1.54. The van der Waals surface area contributed by atoms with Crippen LogP contribution in [-0.2, 0) is 11.3 Å². The first-order chi connectivity index (χ1) is 9.42. The molecule has 0 saturated carbocycles. The van der Waals surface area contributed by atoms with Gasteiger partial charge in [-0.1, -0.05) is 18.2 Å². The largest absolute Gasteiger partial charge is 0.492 e. The van der Waals surface area contributed by atoms with Crippen molar-refractivity contribution in [3.63, 3.8) is 0 Å². The molecule has 0 radical (unpaired) electrons. The van der Waals surface area contributed by atoms with E-state index in [1.54, 1.807) is 0 Å². The molecule has 1 N–H and O–H groups in total. The van der Waals surface area contributed by atoms with Crippen molar-refractivity contribution < 1.29 is 9.47 Å². The number of nitrogens with one attached hydrogen (secondary N) is 1. The van der Waals surface area contributed by atoms with E-state index in [1.165, 1.54) is 5.56 Å². The fourth-order valence-electron chi connectivity index (χ4n) is 2.70. The van der Waals surface area contributed by atoms with E-state index in [-0.39, 0.29) is 0 Å². The smallest absolute Gasteiger partial charge is 0.123 e. The van der Waals surface area contributed by atoms with Crippen LogP contribution in [0.3, 0.4) is 0 Å². The van der Waals surface area contributed by atoms with E-state index in [0.717, 1.165) is 58.1 Å². The van der Waals surface area contributed by atoms with Gasteiger partial charge >= 0.3 is 0 Å². The van der Waals surface area contributed by atoms with Crippen LogP contribution in [0.4, 0.5) is 0 Å². The Morgan fingerprint density at radius 2 is 2.21 bits per heavy atom. The van der Waals surface area contributed by atoms with E-state index < -0.39 is 0 Å². The minimum atomic E-state index is 0.369. The molecule has 3 rings (SSSR count). The van der Waals surface area contributed by atoms with Crippen molar-refractivity contribution in [3.8, 4) is 5.75 Å². The summed E-state index contributed by atoms with van der Waals surface area (Å²) in [5.74, 6) is 1.04. The van der Waals surface area contributed by atoms with Crippen molar-refractivity contribution in [1.82, 2.24) is 10.2 Å². The van der Waals surface area contributed by atoms with E-state index >= 15 is 0 Å². The Bertz CT molecular complexity index is 405. The molecule has 1 aromatic carbocycles. The third-order valence-corrected chi connectivity index (χ3v) is 3.80. The highest BCUT2D eigenvalue weighted by molar-refractivity contribution is 5.33. The molecule has 1 aromatic rings. The molecule has 0 aliphatic carbocycles. The second-order valence-corrected chi connectivity index (χ2v) is 5.22. The monoisotopic (exact) mass is 262 g/mol. The van der Waals surface area contributed by atoms with Crippen LogP contribution in [0, 0.1) is 0 Å². The third-order valence-electron chi connectivity index (χ3n) is 3.80. The predicted octanol–water partition coefficient (Wildman–Crippen LogP) is 1.26. The van der Waals surface area contributed by atoms with Gasteiger partial charge in [0.1, 0.15) is 12.4 Å². The van der Waals surface area contributed by atoms with Gasteiger partial charge in [0.25, 0.3) is 0 Å². The van der Waals surface area contributed by atoms with Crippen molar-refractivity contribution in [2.75, 3.05) is 39.4 Å². The second kappa shape index (κ2) is 6.37. The molecule has 0 spiro atoms. The van der Waals surface area contributed by atoms with Crippen LogP contribution in [0.15, 0.2) is 24.3 Å². The van der Waals surface area contributed by atoms with Crippen molar-refractivity contribution in [1.29, 1.82) is 0 Å². The summed E-state index contributed by atoms with van der Waals surface area (Å²) in [6, 6.07) is 8.34. The van der Waals surface area contributed by atoms with E-state index in [4.69, 9.17) is 9.47 Å². The van der Waals surface area contributed by atoms with Crippen LogP contribution in [-0.4, -0.2) is 50.4 Å².